The Morgan fingerprint density at radius 2 is 1.70 bits per heavy atom. The lowest BCUT2D eigenvalue weighted by molar-refractivity contribution is 0.851. The highest BCUT2D eigenvalue weighted by Crippen LogP contribution is 2.18. The molecule has 1 atom stereocenters. The second kappa shape index (κ2) is 4.96. The lowest BCUT2D eigenvalue weighted by Crippen LogP contribution is -2.07. The molecule has 2 heterocycles. The maximum Gasteiger partial charge on any atom is 0.243 e. The third kappa shape index (κ3) is 2.50. The van der Waals surface area contributed by atoms with Crippen LogP contribution >= 0.6 is 0 Å². The number of pyridine rings is 1. The van der Waals surface area contributed by atoms with Gasteiger partial charge in [-0.1, -0.05) is 35.9 Å². The summed E-state index contributed by atoms with van der Waals surface area (Å²) in [6.45, 7) is 6.25. The lowest BCUT2D eigenvalue weighted by Gasteiger charge is -2.12. The Labute approximate surface area is 118 Å². The van der Waals surface area contributed by atoms with E-state index in [1.54, 1.807) is 4.52 Å². The van der Waals surface area contributed by atoms with Crippen LogP contribution in [0.25, 0.3) is 5.65 Å². The van der Waals surface area contributed by atoms with Crippen molar-refractivity contribution in [3.8, 4) is 0 Å². The zero-order valence-electron chi connectivity index (χ0n) is 12.0. The molecule has 1 aromatic carbocycles. The van der Waals surface area contributed by atoms with E-state index in [1.807, 2.05) is 25.3 Å². The summed E-state index contributed by atoms with van der Waals surface area (Å²) in [5, 5.41) is 7.79. The predicted molar refractivity (Wildman–Crippen MR) is 80.9 cm³/mol. The SMILES string of the molecule is Cc1ccc(C(C)Nc2nc3ccc(C)cn3n2)cc1. The number of hydrogen-bond acceptors (Lipinski definition) is 3. The number of benzene rings is 1. The summed E-state index contributed by atoms with van der Waals surface area (Å²) in [6, 6.07) is 12.7. The molecule has 3 aromatic rings. The summed E-state index contributed by atoms with van der Waals surface area (Å²) in [7, 11) is 0. The number of nitrogens with zero attached hydrogens (tertiary/aromatic N) is 3. The predicted octanol–water partition coefficient (Wildman–Crippen LogP) is 3.52. The van der Waals surface area contributed by atoms with E-state index in [-0.39, 0.29) is 6.04 Å². The average Bonchev–Trinajstić information content (AvgIpc) is 2.80. The van der Waals surface area contributed by atoms with Crippen molar-refractivity contribution in [2.45, 2.75) is 26.8 Å². The highest BCUT2D eigenvalue weighted by molar-refractivity contribution is 5.45. The van der Waals surface area contributed by atoms with Gasteiger partial charge in [0.15, 0.2) is 5.65 Å². The zero-order chi connectivity index (χ0) is 14.1. The minimum atomic E-state index is 0.175. The quantitative estimate of drug-likeness (QED) is 0.788. The van der Waals surface area contributed by atoms with Crippen molar-refractivity contribution in [3.63, 3.8) is 0 Å². The van der Waals surface area contributed by atoms with Crippen LogP contribution in [0.3, 0.4) is 0 Å². The summed E-state index contributed by atoms with van der Waals surface area (Å²) in [5.41, 5.74) is 4.52. The van der Waals surface area contributed by atoms with Crippen LogP contribution in [0.5, 0.6) is 0 Å². The van der Waals surface area contributed by atoms with Crippen molar-refractivity contribution in [2.24, 2.45) is 0 Å². The Kier molecular flexibility index (Phi) is 3.14. The molecule has 0 aliphatic heterocycles. The van der Waals surface area contributed by atoms with Crippen LogP contribution in [0.4, 0.5) is 5.95 Å². The lowest BCUT2D eigenvalue weighted by atomic mass is 10.1. The van der Waals surface area contributed by atoms with Crippen LogP contribution in [-0.4, -0.2) is 14.6 Å². The molecule has 0 saturated carbocycles. The molecule has 1 N–H and O–H groups in total. The minimum absolute atomic E-state index is 0.175. The molecule has 0 saturated heterocycles. The summed E-state index contributed by atoms with van der Waals surface area (Å²) >= 11 is 0. The van der Waals surface area contributed by atoms with Crippen molar-refractivity contribution in [2.75, 3.05) is 5.32 Å². The van der Waals surface area contributed by atoms with E-state index in [0.29, 0.717) is 5.95 Å². The maximum atomic E-state index is 4.48. The number of fused-ring (bicyclic) bond motifs is 1. The molecule has 0 amide bonds. The largest absolute Gasteiger partial charge is 0.346 e. The number of rotatable bonds is 3. The van der Waals surface area contributed by atoms with Gasteiger partial charge in [0.2, 0.25) is 5.95 Å². The first kappa shape index (κ1) is 12.7. The van der Waals surface area contributed by atoms with Crippen molar-refractivity contribution < 1.29 is 0 Å². The average molecular weight is 266 g/mol. The van der Waals surface area contributed by atoms with Crippen LogP contribution in [0.15, 0.2) is 42.6 Å². The van der Waals surface area contributed by atoms with Gasteiger partial charge >= 0.3 is 0 Å². The summed E-state index contributed by atoms with van der Waals surface area (Å²) in [5.74, 6) is 0.656. The third-order valence-corrected chi connectivity index (χ3v) is 3.40. The Hall–Kier alpha value is -2.36. The molecule has 4 heteroatoms. The fourth-order valence-corrected chi connectivity index (χ4v) is 2.18. The number of aromatic nitrogens is 3. The summed E-state index contributed by atoms with van der Waals surface area (Å²) in [4.78, 5) is 4.48. The molecule has 2 aromatic heterocycles. The molecule has 102 valence electrons. The van der Waals surface area contributed by atoms with E-state index >= 15 is 0 Å². The molecule has 0 bridgehead atoms. The van der Waals surface area contributed by atoms with Gasteiger partial charge in [-0.05, 0) is 38.0 Å². The van der Waals surface area contributed by atoms with E-state index in [9.17, 15) is 0 Å². The molecular weight excluding hydrogens is 248 g/mol. The highest BCUT2D eigenvalue weighted by Gasteiger charge is 2.09. The first-order chi connectivity index (χ1) is 9.61. The van der Waals surface area contributed by atoms with Gasteiger partial charge in [-0.3, -0.25) is 0 Å². The van der Waals surface area contributed by atoms with Gasteiger partial charge in [0.25, 0.3) is 0 Å². The number of nitrogens with one attached hydrogen (secondary N) is 1. The number of aryl methyl sites for hydroxylation is 2. The zero-order valence-corrected chi connectivity index (χ0v) is 12.0. The molecule has 20 heavy (non-hydrogen) atoms. The van der Waals surface area contributed by atoms with Crippen LogP contribution in [0.2, 0.25) is 0 Å². The van der Waals surface area contributed by atoms with Crippen molar-refractivity contribution in [1.82, 2.24) is 14.6 Å². The van der Waals surface area contributed by atoms with Gasteiger partial charge in [-0.25, -0.2) is 4.52 Å². The van der Waals surface area contributed by atoms with Crippen LogP contribution in [-0.2, 0) is 0 Å². The molecule has 4 nitrogen and oxygen atoms in total. The Bertz CT molecular complexity index is 728. The van der Waals surface area contributed by atoms with E-state index in [1.165, 1.54) is 16.7 Å². The minimum Gasteiger partial charge on any atom is -0.346 e. The van der Waals surface area contributed by atoms with Crippen LogP contribution in [0.1, 0.15) is 29.7 Å². The first-order valence-electron chi connectivity index (χ1n) is 6.78. The Morgan fingerprint density at radius 1 is 1.00 bits per heavy atom. The Balaban J connectivity index is 1.83. The highest BCUT2D eigenvalue weighted by atomic mass is 15.3. The van der Waals surface area contributed by atoms with Crippen molar-refractivity contribution in [3.05, 3.63) is 59.3 Å². The van der Waals surface area contributed by atoms with E-state index in [2.05, 4.69) is 53.5 Å². The molecule has 0 aliphatic carbocycles. The maximum absolute atomic E-state index is 4.48. The van der Waals surface area contributed by atoms with Gasteiger partial charge < -0.3 is 5.32 Å². The topological polar surface area (TPSA) is 42.2 Å². The standard InChI is InChI=1S/C16H18N4/c1-11-4-7-14(8-5-11)13(3)17-16-18-15-9-6-12(2)10-20(15)19-16/h4-10,13H,1-3H3,(H,17,19). The summed E-state index contributed by atoms with van der Waals surface area (Å²) < 4.78 is 1.81. The smallest absolute Gasteiger partial charge is 0.243 e. The monoisotopic (exact) mass is 266 g/mol. The molecule has 1 unspecified atom stereocenters. The number of hydrogen-bond donors (Lipinski definition) is 1. The second-order valence-corrected chi connectivity index (χ2v) is 5.22. The van der Waals surface area contributed by atoms with Crippen molar-refractivity contribution >= 4 is 11.6 Å². The van der Waals surface area contributed by atoms with Gasteiger partial charge in [0.1, 0.15) is 0 Å². The third-order valence-electron chi connectivity index (χ3n) is 3.40. The van der Waals surface area contributed by atoms with Crippen LogP contribution in [0, 0.1) is 13.8 Å². The molecule has 3 rings (SSSR count). The fourth-order valence-electron chi connectivity index (χ4n) is 2.18. The van der Waals surface area contributed by atoms with Gasteiger partial charge in [0.05, 0.1) is 6.04 Å². The Morgan fingerprint density at radius 3 is 2.45 bits per heavy atom. The second-order valence-electron chi connectivity index (χ2n) is 5.22. The van der Waals surface area contributed by atoms with E-state index in [4.69, 9.17) is 0 Å². The number of anilines is 1. The first-order valence-corrected chi connectivity index (χ1v) is 6.78. The van der Waals surface area contributed by atoms with Gasteiger partial charge in [-0.2, -0.15) is 4.98 Å². The van der Waals surface area contributed by atoms with Gasteiger partial charge in [-0.15, -0.1) is 5.10 Å². The molecule has 0 aliphatic rings. The normalized spacial score (nSPS) is 12.6. The van der Waals surface area contributed by atoms with E-state index in [0.717, 1.165) is 5.65 Å². The van der Waals surface area contributed by atoms with Crippen LogP contribution < -0.4 is 5.32 Å². The molecule has 0 fully saturated rings. The summed E-state index contributed by atoms with van der Waals surface area (Å²) in [6.07, 6.45) is 1.98. The molecule has 0 spiro atoms. The fraction of sp³-hybridized carbons (Fsp3) is 0.250. The van der Waals surface area contributed by atoms with Crippen molar-refractivity contribution in [1.29, 1.82) is 0 Å². The molecule has 0 radical (unpaired) electrons. The van der Waals surface area contributed by atoms with E-state index < -0.39 is 0 Å². The van der Waals surface area contributed by atoms with Gasteiger partial charge in [0, 0.05) is 6.20 Å². The molecular formula is C16H18N4.